The molecule has 1 aromatic heterocycles. The summed E-state index contributed by atoms with van der Waals surface area (Å²) < 4.78 is 27.8. The number of fused-ring (bicyclic) bond motifs is 1. The minimum Gasteiger partial charge on any atom is -0.490 e. The van der Waals surface area contributed by atoms with Gasteiger partial charge in [0.15, 0.2) is 11.5 Å². The molecular formula is C29H26O7. The number of benzene rings is 3. The van der Waals surface area contributed by atoms with Crippen molar-refractivity contribution in [3.8, 4) is 28.7 Å². The van der Waals surface area contributed by atoms with Gasteiger partial charge in [0, 0.05) is 12.1 Å². The van der Waals surface area contributed by atoms with Crippen LogP contribution in [0.4, 0.5) is 0 Å². The van der Waals surface area contributed by atoms with Crippen molar-refractivity contribution in [3.63, 3.8) is 0 Å². The van der Waals surface area contributed by atoms with Crippen LogP contribution in [-0.4, -0.2) is 19.2 Å². The van der Waals surface area contributed by atoms with Crippen LogP contribution in [0, 0.1) is 6.92 Å². The number of hydrogen-bond donors (Lipinski definition) is 0. The van der Waals surface area contributed by atoms with Gasteiger partial charge in [0.25, 0.3) is 0 Å². The van der Waals surface area contributed by atoms with Gasteiger partial charge in [-0.25, -0.2) is 4.79 Å². The lowest BCUT2D eigenvalue weighted by molar-refractivity contribution is -0.128. The van der Waals surface area contributed by atoms with E-state index in [0.717, 1.165) is 11.1 Å². The van der Waals surface area contributed by atoms with Gasteiger partial charge in [0.1, 0.15) is 23.3 Å². The van der Waals surface area contributed by atoms with Gasteiger partial charge < -0.3 is 23.4 Å². The lowest BCUT2D eigenvalue weighted by Gasteiger charge is -2.11. The molecule has 0 aliphatic heterocycles. The fourth-order valence-electron chi connectivity index (χ4n) is 3.52. The van der Waals surface area contributed by atoms with E-state index in [1.807, 2.05) is 45.0 Å². The summed E-state index contributed by atoms with van der Waals surface area (Å²) in [6.45, 7) is 6.74. The van der Waals surface area contributed by atoms with Crippen molar-refractivity contribution in [3.05, 3.63) is 94.4 Å². The zero-order valence-electron chi connectivity index (χ0n) is 20.3. The molecule has 0 fully saturated rings. The normalized spacial score (nSPS) is 11.0. The highest BCUT2D eigenvalue weighted by atomic mass is 16.5. The van der Waals surface area contributed by atoms with Crippen LogP contribution in [0.5, 0.6) is 28.7 Å². The Morgan fingerprint density at radius 3 is 2.47 bits per heavy atom. The fraction of sp³-hybridized carbons (Fsp3) is 0.172. The van der Waals surface area contributed by atoms with Crippen molar-refractivity contribution >= 4 is 23.0 Å². The summed E-state index contributed by atoms with van der Waals surface area (Å²) in [4.78, 5) is 25.2. The number of aryl methyl sites for hydroxylation is 1. The molecule has 0 saturated heterocycles. The van der Waals surface area contributed by atoms with Crippen molar-refractivity contribution < 1.29 is 28.2 Å². The second kappa shape index (κ2) is 11.3. The molecule has 0 aliphatic carbocycles. The van der Waals surface area contributed by atoms with Gasteiger partial charge in [-0.1, -0.05) is 18.2 Å². The van der Waals surface area contributed by atoms with Crippen molar-refractivity contribution in [2.75, 3.05) is 13.2 Å². The summed E-state index contributed by atoms with van der Waals surface area (Å²) in [7, 11) is 0. The Bertz CT molecular complexity index is 1470. The zero-order chi connectivity index (χ0) is 25.5. The predicted octanol–water partition coefficient (Wildman–Crippen LogP) is 6.31. The van der Waals surface area contributed by atoms with E-state index in [-0.39, 0.29) is 22.5 Å². The Morgan fingerprint density at radius 2 is 1.69 bits per heavy atom. The molecule has 184 valence electrons. The summed E-state index contributed by atoms with van der Waals surface area (Å²) in [5, 5.41) is 0.313. The van der Waals surface area contributed by atoms with Gasteiger partial charge in [-0.05, 0) is 74.4 Å². The summed E-state index contributed by atoms with van der Waals surface area (Å²) >= 11 is 0. The van der Waals surface area contributed by atoms with Crippen molar-refractivity contribution in [1.29, 1.82) is 0 Å². The second-order valence-corrected chi connectivity index (χ2v) is 7.83. The Balaban J connectivity index is 1.47. The van der Waals surface area contributed by atoms with Crippen LogP contribution in [0.25, 0.3) is 17.0 Å². The van der Waals surface area contributed by atoms with E-state index >= 15 is 0 Å². The molecule has 4 rings (SSSR count). The van der Waals surface area contributed by atoms with Gasteiger partial charge in [0.2, 0.25) is 11.2 Å². The van der Waals surface area contributed by atoms with E-state index < -0.39 is 5.97 Å². The van der Waals surface area contributed by atoms with Crippen molar-refractivity contribution in [1.82, 2.24) is 0 Å². The average molecular weight is 487 g/mol. The molecule has 0 amide bonds. The molecular weight excluding hydrogens is 460 g/mol. The first-order valence-corrected chi connectivity index (χ1v) is 11.6. The van der Waals surface area contributed by atoms with E-state index in [0.29, 0.717) is 35.8 Å². The Labute approximate surface area is 208 Å². The highest BCUT2D eigenvalue weighted by Crippen LogP contribution is 2.29. The molecule has 1 heterocycles. The molecule has 7 heteroatoms. The van der Waals surface area contributed by atoms with Crippen LogP contribution >= 0.6 is 0 Å². The van der Waals surface area contributed by atoms with Gasteiger partial charge in [-0.3, -0.25) is 4.79 Å². The first kappa shape index (κ1) is 24.6. The summed E-state index contributed by atoms with van der Waals surface area (Å²) in [6, 6.07) is 17.3. The van der Waals surface area contributed by atoms with Gasteiger partial charge in [0.05, 0.1) is 18.6 Å². The third-order valence-corrected chi connectivity index (χ3v) is 5.13. The summed E-state index contributed by atoms with van der Waals surface area (Å²) in [6.07, 6.45) is 4.18. The summed E-state index contributed by atoms with van der Waals surface area (Å²) in [5.74, 6) is 1.52. The molecule has 0 radical (unpaired) electrons. The Hall–Kier alpha value is -4.52. The van der Waals surface area contributed by atoms with Crippen molar-refractivity contribution in [2.24, 2.45) is 0 Å². The molecule has 7 nitrogen and oxygen atoms in total. The SMILES string of the molecule is CCOc1ccc(/C=C/C(=O)Oc2ccc3c(=O)c(Oc4cccc(C)c4)coc3c2)cc1OCC. The molecule has 3 aromatic carbocycles. The molecule has 0 spiro atoms. The van der Waals surface area contributed by atoms with E-state index in [2.05, 4.69) is 0 Å². The minimum atomic E-state index is -0.581. The molecule has 0 bridgehead atoms. The van der Waals surface area contributed by atoms with E-state index in [1.165, 1.54) is 30.5 Å². The van der Waals surface area contributed by atoms with Gasteiger partial charge in [-0.15, -0.1) is 0 Å². The number of carbonyl (C=O) groups excluding carboxylic acids is 1. The topological polar surface area (TPSA) is 84.2 Å². The van der Waals surface area contributed by atoms with Crippen molar-refractivity contribution in [2.45, 2.75) is 20.8 Å². The van der Waals surface area contributed by atoms with Crippen LogP contribution < -0.4 is 24.4 Å². The Morgan fingerprint density at radius 1 is 0.889 bits per heavy atom. The van der Waals surface area contributed by atoms with E-state index in [1.54, 1.807) is 24.3 Å². The molecule has 0 N–H and O–H groups in total. The molecule has 0 saturated carbocycles. The fourth-order valence-corrected chi connectivity index (χ4v) is 3.52. The first-order valence-electron chi connectivity index (χ1n) is 11.6. The number of carbonyl (C=O) groups is 1. The molecule has 0 unspecified atom stereocenters. The maximum absolute atomic E-state index is 12.8. The number of hydrogen-bond acceptors (Lipinski definition) is 7. The zero-order valence-corrected chi connectivity index (χ0v) is 20.3. The number of ether oxygens (including phenoxy) is 4. The van der Waals surface area contributed by atoms with Crippen LogP contribution in [0.1, 0.15) is 25.0 Å². The molecule has 0 atom stereocenters. The maximum Gasteiger partial charge on any atom is 0.336 e. The summed E-state index contributed by atoms with van der Waals surface area (Å²) in [5.41, 5.74) is 1.72. The third kappa shape index (κ3) is 5.93. The minimum absolute atomic E-state index is 0.0718. The lowest BCUT2D eigenvalue weighted by atomic mass is 10.2. The van der Waals surface area contributed by atoms with E-state index in [4.69, 9.17) is 23.4 Å². The predicted molar refractivity (Wildman–Crippen MR) is 137 cm³/mol. The molecule has 0 aliphatic rings. The smallest absolute Gasteiger partial charge is 0.336 e. The Kier molecular flexibility index (Phi) is 7.70. The molecule has 4 aromatic rings. The van der Waals surface area contributed by atoms with Crippen LogP contribution in [0.2, 0.25) is 0 Å². The molecule has 36 heavy (non-hydrogen) atoms. The largest absolute Gasteiger partial charge is 0.490 e. The van der Waals surface area contributed by atoms with Gasteiger partial charge >= 0.3 is 5.97 Å². The standard InChI is InChI=1S/C29H26O7/c1-4-32-24-13-9-20(16-26(24)33-5-2)10-14-28(30)36-22-11-12-23-25(17-22)34-18-27(29(23)31)35-21-8-6-7-19(3)15-21/h6-18H,4-5H2,1-3H3/b14-10+. The highest BCUT2D eigenvalue weighted by molar-refractivity contribution is 5.89. The van der Waals surface area contributed by atoms with Crippen LogP contribution in [0.15, 0.2) is 82.2 Å². The number of rotatable bonds is 9. The van der Waals surface area contributed by atoms with E-state index in [9.17, 15) is 9.59 Å². The second-order valence-electron chi connectivity index (χ2n) is 7.83. The van der Waals surface area contributed by atoms with Gasteiger partial charge in [-0.2, -0.15) is 0 Å². The highest BCUT2D eigenvalue weighted by Gasteiger charge is 2.12. The quantitative estimate of drug-likeness (QED) is 0.156. The first-order chi connectivity index (χ1) is 17.5. The average Bonchev–Trinajstić information content (AvgIpc) is 2.86. The third-order valence-electron chi connectivity index (χ3n) is 5.13. The number of esters is 1. The monoisotopic (exact) mass is 486 g/mol. The lowest BCUT2D eigenvalue weighted by Crippen LogP contribution is -2.06. The van der Waals surface area contributed by atoms with Crippen LogP contribution in [-0.2, 0) is 4.79 Å². The van der Waals surface area contributed by atoms with Crippen LogP contribution in [0.3, 0.4) is 0 Å². The maximum atomic E-state index is 12.8.